The Morgan fingerprint density at radius 3 is 2.00 bits per heavy atom. The molecule has 2 aromatic carbocycles. The molecule has 0 amide bonds. The highest BCUT2D eigenvalue weighted by Crippen LogP contribution is 2.24. The van der Waals surface area contributed by atoms with Gasteiger partial charge < -0.3 is 5.11 Å². The predicted octanol–water partition coefficient (Wildman–Crippen LogP) is 3.34. The largest absolute Gasteiger partial charge is 0.505 e. The maximum absolute atomic E-state index is 13.0. The van der Waals surface area contributed by atoms with Crippen molar-refractivity contribution in [1.29, 1.82) is 0 Å². The van der Waals surface area contributed by atoms with Crippen molar-refractivity contribution < 1.29 is 13.9 Å². The van der Waals surface area contributed by atoms with Gasteiger partial charge in [-0.05, 0) is 35.4 Å². The van der Waals surface area contributed by atoms with Gasteiger partial charge >= 0.3 is 0 Å². The summed E-state index contributed by atoms with van der Waals surface area (Å²) >= 11 is 0. The minimum atomic E-state index is -0.683. The van der Waals surface area contributed by atoms with E-state index < -0.39 is 5.82 Å². The second kappa shape index (κ2) is 3.69. The van der Waals surface area contributed by atoms with Gasteiger partial charge in [-0.2, -0.15) is 0 Å². The van der Waals surface area contributed by atoms with E-state index in [0.29, 0.717) is 11.1 Å². The molecule has 1 N–H and O–H groups in total. The number of hydrogen-bond donors (Lipinski definition) is 1. The smallest absolute Gasteiger partial charge is 0.165 e. The zero-order valence-electron chi connectivity index (χ0n) is 7.74. The first-order valence-electron chi connectivity index (χ1n) is 4.41. The molecule has 0 aliphatic carbocycles. The number of phenols is 1. The lowest BCUT2D eigenvalue weighted by Gasteiger charge is -2.02. The molecule has 3 heteroatoms. The van der Waals surface area contributed by atoms with Gasteiger partial charge in [-0.1, -0.05) is 18.2 Å². The van der Waals surface area contributed by atoms with E-state index in [1.54, 1.807) is 18.2 Å². The van der Waals surface area contributed by atoms with Crippen LogP contribution >= 0.6 is 0 Å². The maximum atomic E-state index is 13.0. The maximum Gasteiger partial charge on any atom is 0.165 e. The number of phenolic OH excluding ortho intramolecular Hbond substituents is 1. The molecule has 0 aliphatic heterocycles. The molecular weight excluding hydrogens is 198 g/mol. The van der Waals surface area contributed by atoms with Crippen molar-refractivity contribution in [3.63, 3.8) is 0 Å². The first-order valence-corrected chi connectivity index (χ1v) is 4.41. The van der Waals surface area contributed by atoms with Gasteiger partial charge in [0.1, 0.15) is 5.82 Å². The van der Waals surface area contributed by atoms with Crippen LogP contribution < -0.4 is 0 Å². The Balaban J connectivity index is 2.45. The van der Waals surface area contributed by atoms with Crippen molar-refractivity contribution in [2.45, 2.75) is 0 Å². The summed E-state index contributed by atoms with van der Waals surface area (Å²) in [6.07, 6.45) is 0. The van der Waals surface area contributed by atoms with Gasteiger partial charge in [-0.3, -0.25) is 0 Å². The molecule has 0 saturated carbocycles. The molecule has 2 aromatic rings. The zero-order valence-corrected chi connectivity index (χ0v) is 7.74. The summed E-state index contributed by atoms with van der Waals surface area (Å²) in [4.78, 5) is 0. The van der Waals surface area contributed by atoms with E-state index in [2.05, 4.69) is 0 Å². The third kappa shape index (κ3) is 1.96. The lowest BCUT2D eigenvalue weighted by atomic mass is 10.1. The van der Waals surface area contributed by atoms with Crippen LogP contribution in [-0.2, 0) is 0 Å². The first kappa shape index (κ1) is 9.65. The summed E-state index contributed by atoms with van der Waals surface area (Å²) in [6.45, 7) is 0. The molecule has 0 heterocycles. The summed E-state index contributed by atoms with van der Waals surface area (Å²) < 4.78 is 25.7. The SMILES string of the molecule is Oc1ccc(-c2ccc(F)cc2)cc1F. The highest BCUT2D eigenvalue weighted by molar-refractivity contribution is 5.64. The van der Waals surface area contributed by atoms with Crippen LogP contribution in [0.25, 0.3) is 11.1 Å². The van der Waals surface area contributed by atoms with E-state index in [1.807, 2.05) is 0 Å². The van der Waals surface area contributed by atoms with Crippen LogP contribution in [0.15, 0.2) is 42.5 Å². The lowest BCUT2D eigenvalue weighted by molar-refractivity contribution is 0.432. The van der Waals surface area contributed by atoms with Gasteiger partial charge in [-0.25, -0.2) is 8.78 Å². The van der Waals surface area contributed by atoms with E-state index in [-0.39, 0.29) is 11.6 Å². The molecule has 0 spiro atoms. The second-order valence-electron chi connectivity index (χ2n) is 3.17. The molecule has 0 aromatic heterocycles. The average molecular weight is 206 g/mol. The molecule has 0 atom stereocenters. The zero-order chi connectivity index (χ0) is 10.8. The van der Waals surface area contributed by atoms with E-state index in [4.69, 9.17) is 5.11 Å². The Labute approximate surface area is 85.6 Å². The Bertz CT molecular complexity index is 477. The quantitative estimate of drug-likeness (QED) is 0.758. The monoisotopic (exact) mass is 206 g/mol. The van der Waals surface area contributed by atoms with Crippen molar-refractivity contribution in [2.24, 2.45) is 0 Å². The van der Waals surface area contributed by atoms with Gasteiger partial charge in [0.25, 0.3) is 0 Å². The van der Waals surface area contributed by atoms with Crippen molar-refractivity contribution in [1.82, 2.24) is 0 Å². The molecule has 0 aliphatic rings. The van der Waals surface area contributed by atoms with Gasteiger partial charge in [0.2, 0.25) is 0 Å². The Morgan fingerprint density at radius 2 is 1.40 bits per heavy atom. The molecule has 0 bridgehead atoms. The lowest BCUT2D eigenvalue weighted by Crippen LogP contribution is -1.81. The van der Waals surface area contributed by atoms with E-state index >= 15 is 0 Å². The van der Waals surface area contributed by atoms with Crippen LogP contribution in [0.4, 0.5) is 8.78 Å². The fourth-order valence-corrected chi connectivity index (χ4v) is 1.33. The highest BCUT2D eigenvalue weighted by atomic mass is 19.1. The van der Waals surface area contributed by atoms with Crippen molar-refractivity contribution in [2.75, 3.05) is 0 Å². The van der Waals surface area contributed by atoms with Crippen molar-refractivity contribution >= 4 is 0 Å². The summed E-state index contributed by atoms with van der Waals surface area (Å²) in [6, 6.07) is 9.78. The Hall–Kier alpha value is -1.90. The van der Waals surface area contributed by atoms with Crippen LogP contribution in [0.5, 0.6) is 5.75 Å². The van der Waals surface area contributed by atoms with Crippen LogP contribution in [0.1, 0.15) is 0 Å². The molecular formula is C12H8F2O. The summed E-state index contributed by atoms with van der Waals surface area (Å²) in [5.74, 6) is -1.41. The molecule has 1 nitrogen and oxygen atoms in total. The molecule has 0 unspecified atom stereocenters. The normalized spacial score (nSPS) is 10.3. The third-order valence-electron chi connectivity index (χ3n) is 2.13. The molecule has 2 rings (SSSR count). The Morgan fingerprint density at radius 1 is 0.800 bits per heavy atom. The Kier molecular flexibility index (Phi) is 2.37. The molecule has 76 valence electrons. The number of hydrogen-bond acceptors (Lipinski definition) is 1. The van der Waals surface area contributed by atoms with E-state index in [9.17, 15) is 8.78 Å². The van der Waals surface area contributed by atoms with Gasteiger partial charge in [0.15, 0.2) is 11.6 Å². The fraction of sp³-hybridized carbons (Fsp3) is 0. The van der Waals surface area contributed by atoms with Crippen molar-refractivity contribution in [3.8, 4) is 16.9 Å². The minimum Gasteiger partial charge on any atom is -0.505 e. The molecule has 0 saturated heterocycles. The number of benzene rings is 2. The molecule has 15 heavy (non-hydrogen) atoms. The van der Waals surface area contributed by atoms with E-state index in [0.717, 1.165) is 0 Å². The summed E-state index contributed by atoms with van der Waals surface area (Å²) in [7, 11) is 0. The van der Waals surface area contributed by atoms with Crippen LogP contribution in [0.2, 0.25) is 0 Å². The summed E-state index contributed by atoms with van der Waals surface area (Å²) in [5.41, 5.74) is 1.31. The fourth-order valence-electron chi connectivity index (χ4n) is 1.33. The van der Waals surface area contributed by atoms with Crippen LogP contribution in [0, 0.1) is 11.6 Å². The molecule has 0 radical (unpaired) electrons. The molecule has 0 fully saturated rings. The first-order chi connectivity index (χ1) is 7.16. The average Bonchev–Trinajstić information content (AvgIpc) is 2.23. The van der Waals surface area contributed by atoms with Gasteiger partial charge in [0, 0.05) is 0 Å². The minimum absolute atomic E-state index is 0.335. The number of rotatable bonds is 1. The number of aromatic hydroxyl groups is 1. The van der Waals surface area contributed by atoms with Crippen molar-refractivity contribution in [3.05, 3.63) is 54.1 Å². The van der Waals surface area contributed by atoms with Crippen LogP contribution in [0.3, 0.4) is 0 Å². The summed E-state index contributed by atoms with van der Waals surface area (Å²) in [5, 5.41) is 9.00. The topological polar surface area (TPSA) is 20.2 Å². The highest BCUT2D eigenvalue weighted by Gasteiger charge is 2.03. The third-order valence-corrected chi connectivity index (χ3v) is 2.13. The van der Waals surface area contributed by atoms with Gasteiger partial charge in [0.05, 0.1) is 0 Å². The van der Waals surface area contributed by atoms with Gasteiger partial charge in [-0.15, -0.1) is 0 Å². The predicted molar refractivity (Wildman–Crippen MR) is 53.5 cm³/mol. The van der Waals surface area contributed by atoms with E-state index in [1.165, 1.54) is 24.3 Å². The number of halogens is 2. The second-order valence-corrected chi connectivity index (χ2v) is 3.17. The standard InChI is InChI=1S/C12H8F2O/c13-10-4-1-8(2-5-10)9-3-6-12(15)11(14)7-9/h1-7,15H. The van der Waals surface area contributed by atoms with Crippen LogP contribution in [-0.4, -0.2) is 5.11 Å².